The molecule has 1 heterocycles. The Morgan fingerprint density at radius 2 is 2.17 bits per heavy atom. The van der Waals surface area contributed by atoms with Gasteiger partial charge in [-0.1, -0.05) is 12.1 Å². The zero-order valence-electron chi connectivity index (χ0n) is 10.5. The Bertz CT molecular complexity index is 405. The second-order valence-electron chi connectivity index (χ2n) is 4.48. The van der Waals surface area contributed by atoms with Gasteiger partial charge in [0.05, 0.1) is 12.5 Å². The number of halogens is 1. The summed E-state index contributed by atoms with van der Waals surface area (Å²) in [6, 6.07) is 6.23. The van der Waals surface area contributed by atoms with E-state index in [9.17, 15) is 9.18 Å². The third kappa shape index (κ3) is 2.88. The Balaban J connectivity index is 2.17. The molecule has 2 atom stereocenters. The lowest BCUT2D eigenvalue weighted by Gasteiger charge is -2.31. The fourth-order valence-electron chi connectivity index (χ4n) is 2.41. The summed E-state index contributed by atoms with van der Waals surface area (Å²) >= 11 is 0. The minimum Gasteiger partial charge on any atom is -0.466 e. The molecule has 0 radical (unpaired) electrons. The fraction of sp³-hybridized carbons (Fsp3) is 0.500. The molecule has 0 spiro atoms. The van der Waals surface area contributed by atoms with Crippen molar-refractivity contribution in [1.82, 2.24) is 5.32 Å². The Morgan fingerprint density at radius 1 is 1.44 bits per heavy atom. The smallest absolute Gasteiger partial charge is 0.310 e. The molecule has 1 N–H and O–H groups in total. The maximum Gasteiger partial charge on any atom is 0.310 e. The van der Waals surface area contributed by atoms with Gasteiger partial charge in [0, 0.05) is 6.04 Å². The number of carbonyl (C=O) groups excluding carboxylic acids is 1. The average Bonchev–Trinajstić information content (AvgIpc) is 2.40. The number of ether oxygens (including phenoxy) is 1. The first-order valence-electron chi connectivity index (χ1n) is 6.38. The van der Waals surface area contributed by atoms with Gasteiger partial charge in [0.15, 0.2) is 0 Å². The normalized spacial score (nSPS) is 23.7. The largest absolute Gasteiger partial charge is 0.466 e. The van der Waals surface area contributed by atoms with E-state index in [4.69, 9.17) is 4.74 Å². The van der Waals surface area contributed by atoms with Gasteiger partial charge >= 0.3 is 5.97 Å². The molecule has 1 aromatic rings. The van der Waals surface area contributed by atoms with Crippen molar-refractivity contribution in [2.75, 3.05) is 13.2 Å². The first-order chi connectivity index (χ1) is 8.72. The molecule has 1 fully saturated rings. The lowest BCUT2D eigenvalue weighted by Crippen LogP contribution is -2.39. The van der Waals surface area contributed by atoms with Crippen LogP contribution in [0.15, 0.2) is 24.3 Å². The SMILES string of the molecule is CCOC(=O)C1CCCNC1c1ccc(F)cc1. The number of rotatable bonds is 3. The molecule has 4 heteroatoms. The molecular weight excluding hydrogens is 233 g/mol. The summed E-state index contributed by atoms with van der Waals surface area (Å²) < 4.78 is 18.0. The zero-order valence-corrected chi connectivity index (χ0v) is 10.5. The molecule has 0 aromatic heterocycles. The number of esters is 1. The van der Waals surface area contributed by atoms with Crippen LogP contribution in [0.1, 0.15) is 31.4 Å². The molecule has 1 saturated heterocycles. The summed E-state index contributed by atoms with van der Waals surface area (Å²) in [5.41, 5.74) is 0.939. The van der Waals surface area contributed by atoms with Crippen LogP contribution in [0.4, 0.5) is 4.39 Å². The Hall–Kier alpha value is -1.42. The molecule has 2 unspecified atom stereocenters. The highest BCUT2D eigenvalue weighted by Gasteiger charge is 2.32. The molecule has 0 saturated carbocycles. The number of hydrogen-bond acceptors (Lipinski definition) is 3. The van der Waals surface area contributed by atoms with Crippen LogP contribution < -0.4 is 5.32 Å². The van der Waals surface area contributed by atoms with Gasteiger partial charge in [0.2, 0.25) is 0 Å². The third-order valence-corrected chi connectivity index (χ3v) is 3.28. The minimum atomic E-state index is -0.262. The second kappa shape index (κ2) is 5.96. The Kier molecular flexibility index (Phi) is 4.31. The summed E-state index contributed by atoms with van der Waals surface area (Å²) in [7, 11) is 0. The molecule has 1 aliphatic heterocycles. The molecule has 2 rings (SSSR count). The van der Waals surface area contributed by atoms with E-state index in [0.717, 1.165) is 24.9 Å². The highest BCUT2D eigenvalue weighted by molar-refractivity contribution is 5.73. The summed E-state index contributed by atoms with van der Waals surface area (Å²) in [6.45, 7) is 3.07. The molecule has 1 aliphatic rings. The van der Waals surface area contributed by atoms with Crippen molar-refractivity contribution in [3.63, 3.8) is 0 Å². The van der Waals surface area contributed by atoms with Crippen LogP contribution in [0.5, 0.6) is 0 Å². The van der Waals surface area contributed by atoms with Crippen LogP contribution in [-0.4, -0.2) is 19.1 Å². The highest BCUT2D eigenvalue weighted by atomic mass is 19.1. The lowest BCUT2D eigenvalue weighted by atomic mass is 9.86. The number of hydrogen-bond donors (Lipinski definition) is 1. The highest BCUT2D eigenvalue weighted by Crippen LogP contribution is 2.30. The number of piperidine rings is 1. The topological polar surface area (TPSA) is 38.3 Å². The second-order valence-corrected chi connectivity index (χ2v) is 4.48. The predicted octanol–water partition coefficient (Wildman–Crippen LogP) is 2.43. The van der Waals surface area contributed by atoms with E-state index in [1.54, 1.807) is 19.1 Å². The molecule has 98 valence electrons. The van der Waals surface area contributed by atoms with Gasteiger partial charge in [-0.15, -0.1) is 0 Å². The Labute approximate surface area is 106 Å². The van der Waals surface area contributed by atoms with E-state index in [1.807, 2.05) is 0 Å². The van der Waals surface area contributed by atoms with E-state index < -0.39 is 0 Å². The summed E-state index contributed by atoms with van der Waals surface area (Å²) in [5, 5.41) is 3.32. The van der Waals surface area contributed by atoms with Gasteiger partial charge in [-0.3, -0.25) is 4.79 Å². The number of nitrogens with one attached hydrogen (secondary N) is 1. The standard InChI is InChI=1S/C14H18FNO2/c1-2-18-14(17)12-4-3-9-16-13(12)10-5-7-11(15)8-6-10/h5-8,12-13,16H,2-4,9H2,1H3. The molecule has 0 aliphatic carbocycles. The number of benzene rings is 1. The molecule has 0 amide bonds. The van der Waals surface area contributed by atoms with Gasteiger partial charge in [0.1, 0.15) is 5.82 Å². The number of carbonyl (C=O) groups is 1. The lowest BCUT2D eigenvalue weighted by molar-refractivity contribution is -0.150. The maximum absolute atomic E-state index is 12.9. The van der Waals surface area contributed by atoms with E-state index in [-0.39, 0.29) is 23.7 Å². The molecule has 18 heavy (non-hydrogen) atoms. The average molecular weight is 251 g/mol. The van der Waals surface area contributed by atoms with Crippen molar-refractivity contribution in [3.05, 3.63) is 35.6 Å². The monoisotopic (exact) mass is 251 g/mol. The van der Waals surface area contributed by atoms with Crippen molar-refractivity contribution >= 4 is 5.97 Å². The molecular formula is C14H18FNO2. The van der Waals surface area contributed by atoms with Crippen molar-refractivity contribution in [2.45, 2.75) is 25.8 Å². The van der Waals surface area contributed by atoms with E-state index in [1.165, 1.54) is 12.1 Å². The van der Waals surface area contributed by atoms with E-state index >= 15 is 0 Å². The maximum atomic E-state index is 12.9. The first-order valence-corrected chi connectivity index (χ1v) is 6.38. The van der Waals surface area contributed by atoms with Gasteiger partial charge in [-0.25, -0.2) is 4.39 Å². The van der Waals surface area contributed by atoms with Crippen LogP contribution in [0.3, 0.4) is 0 Å². The van der Waals surface area contributed by atoms with Gasteiger partial charge < -0.3 is 10.1 Å². The van der Waals surface area contributed by atoms with E-state index in [2.05, 4.69) is 5.32 Å². The fourth-order valence-corrected chi connectivity index (χ4v) is 2.41. The van der Waals surface area contributed by atoms with E-state index in [0.29, 0.717) is 6.61 Å². The van der Waals surface area contributed by atoms with Crippen LogP contribution in [0.2, 0.25) is 0 Å². The quantitative estimate of drug-likeness (QED) is 0.838. The van der Waals surface area contributed by atoms with Crippen LogP contribution in [-0.2, 0) is 9.53 Å². The van der Waals surface area contributed by atoms with Crippen LogP contribution >= 0.6 is 0 Å². The zero-order chi connectivity index (χ0) is 13.0. The molecule has 1 aromatic carbocycles. The van der Waals surface area contributed by atoms with Crippen LogP contribution in [0.25, 0.3) is 0 Å². The predicted molar refractivity (Wildman–Crippen MR) is 66.5 cm³/mol. The Morgan fingerprint density at radius 3 is 2.83 bits per heavy atom. The van der Waals surface area contributed by atoms with Crippen molar-refractivity contribution in [1.29, 1.82) is 0 Å². The van der Waals surface area contributed by atoms with Crippen molar-refractivity contribution in [2.24, 2.45) is 5.92 Å². The first kappa shape index (κ1) is 13.0. The van der Waals surface area contributed by atoms with Crippen LogP contribution in [0, 0.1) is 11.7 Å². The molecule has 3 nitrogen and oxygen atoms in total. The molecule has 0 bridgehead atoms. The summed E-state index contributed by atoms with van der Waals surface area (Å²) in [6.07, 6.45) is 1.77. The minimum absolute atomic E-state index is 0.0709. The van der Waals surface area contributed by atoms with Gasteiger partial charge in [-0.2, -0.15) is 0 Å². The van der Waals surface area contributed by atoms with Gasteiger partial charge in [-0.05, 0) is 44.0 Å². The van der Waals surface area contributed by atoms with Gasteiger partial charge in [0.25, 0.3) is 0 Å². The van der Waals surface area contributed by atoms with Crippen molar-refractivity contribution < 1.29 is 13.9 Å². The summed E-state index contributed by atoms with van der Waals surface area (Å²) in [4.78, 5) is 11.9. The summed E-state index contributed by atoms with van der Waals surface area (Å²) in [5.74, 6) is -0.606. The third-order valence-electron chi connectivity index (χ3n) is 3.28. The van der Waals surface area contributed by atoms with Crippen molar-refractivity contribution in [3.8, 4) is 0 Å².